The van der Waals surface area contributed by atoms with Crippen molar-refractivity contribution in [2.75, 3.05) is 7.11 Å². The van der Waals surface area contributed by atoms with Gasteiger partial charge >= 0.3 is 0 Å². The van der Waals surface area contributed by atoms with Gasteiger partial charge in [-0.1, -0.05) is 44.4 Å². The Bertz CT molecular complexity index is 321. The lowest BCUT2D eigenvalue weighted by atomic mass is 9.79. The molecule has 0 unspecified atom stereocenters. The predicted octanol–water partition coefficient (Wildman–Crippen LogP) is 5.58. The molecule has 2 rings (SSSR count). The van der Waals surface area contributed by atoms with Crippen molar-refractivity contribution in [1.82, 2.24) is 0 Å². The molecule has 0 bridgehead atoms. The Morgan fingerprint density at radius 3 is 1.90 bits per heavy atom. The Kier molecular flexibility index (Phi) is 7.65. The van der Waals surface area contributed by atoms with Gasteiger partial charge in [0.25, 0.3) is 0 Å². The minimum Gasteiger partial charge on any atom is -0.381 e. The van der Waals surface area contributed by atoms with Crippen molar-refractivity contribution in [3.05, 3.63) is 0 Å². The second kappa shape index (κ2) is 9.52. The van der Waals surface area contributed by atoms with Gasteiger partial charge in [-0.05, 0) is 57.3 Å². The van der Waals surface area contributed by atoms with Gasteiger partial charge in [-0.2, -0.15) is 0 Å². The summed E-state index contributed by atoms with van der Waals surface area (Å²) in [6.45, 7) is 2.30. The third-order valence-electron chi connectivity index (χ3n) is 5.56. The van der Waals surface area contributed by atoms with E-state index in [4.69, 9.17) is 4.74 Å². The highest BCUT2D eigenvalue weighted by Gasteiger charge is 2.21. The van der Waals surface area contributed by atoms with Crippen molar-refractivity contribution >= 4 is 0 Å². The highest BCUT2D eigenvalue weighted by Crippen LogP contribution is 2.32. The van der Waals surface area contributed by atoms with Gasteiger partial charge in [0, 0.05) is 18.9 Å². The van der Waals surface area contributed by atoms with Gasteiger partial charge in [-0.25, -0.2) is 0 Å². The van der Waals surface area contributed by atoms with Crippen LogP contribution in [0.2, 0.25) is 0 Å². The average molecular weight is 290 g/mol. The number of ether oxygens (including phenoxy) is 1. The summed E-state index contributed by atoms with van der Waals surface area (Å²) in [4.78, 5) is 0. The van der Waals surface area contributed by atoms with Crippen LogP contribution in [-0.2, 0) is 4.74 Å². The third-order valence-corrected chi connectivity index (χ3v) is 5.56. The zero-order valence-electron chi connectivity index (χ0n) is 14.2. The summed E-state index contributed by atoms with van der Waals surface area (Å²) in [5.41, 5.74) is 0. The van der Waals surface area contributed by atoms with Gasteiger partial charge < -0.3 is 4.74 Å². The maximum absolute atomic E-state index is 5.44. The van der Waals surface area contributed by atoms with Crippen LogP contribution < -0.4 is 0 Å². The van der Waals surface area contributed by atoms with E-state index in [1.165, 1.54) is 77.0 Å². The molecule has 0 N–H and O–H groups in total. The quantitative estimate of drug-likeness (QED) is 0.474. The van der Waals surface area contributed by atoms with E-state index < -0.39 is 0 Å². The van der Waals surface area contributed by atoms with Crippen LogP contribution in [0.25, 0.3) is 0 Å². The van der Waals surface area contributed by atoms with Crippen LogP contribution in [-0.4, -0.2) is 13.2 Å². The summed E-state index contributed by atoms with van der Waals surface area (Å²) in [5, 5.41) is 0. The minimum absolute atomic E-state index is 0.501. The first-order chi connectivity index (χ1) is 10.3. The maximum atomic E-state index is 5.44. The summed E-state index contributed by atoms with van der Waals surface area (Å²) >= 11 is 0. The van der Waals surface area contributed by atoms with Gasteiger partial charge in [0.2, 0.25) is 0 Å². The molecule has 0 radical (unpaired) electrons. The zero-order valence-corrected chi connectivity index (χ0v) is 14.2. The molecule has 0 aliphatic heterocycles. The van der Waals surface area contributed by atoms with Gasteiger partial charge in [0.05, 0.1) is 6.10 Å². The van der Waals surface area contributed by atoms with Crippen molar-refractivity contribution in [3.63, 3.8) is 0 Å². The summed E-state index contributed by atoms with van der Waals surface area (Å²) in [6, 6.07) is 0. The van der Waals surface area contributed by atoms with E-state index in [1.54, 1.807) is 0 Å². The number of unbranched alkanes of at least 4 members (excludes halogenated alkanes) is 2. The first kappa shape index (κ1) is 16.9. The van der Waals surface area contributed by atoms with Crippen molar-refractivity contribution in [2.24, 2.45) is 17.8 Å². The zero-order chi connectivity index (χ0) is 14.9. The summed E-state index contributed by atoms with van der Waals surface area (Å²) in [5.74, 6) is 9.58. The second-order valence-electron chi connectivity index (χ2n) is 7.21. The fourth-order valence-electron chi connectivity index (χ4n) is 3.96. The Balaban J connectivity index is 1.64. The minimum atomic E-state index is 0.501. The van der Waals surface area contributed by atoms with Crippen LogP contribution in [0.15, 0.2) is 0 Å². The van der Waals surface area contributed by atoms with Gasteiger partial charge in [-0.3, -0.25) is 0 Å². The largest absolute Gasteiger partial charge is 0.381 e. The van der Waals surface area contributed by atoms with E-state index in [9.17, 15) is 0 Å². The Labute approximate surface area is 132 Å². The number of hydrogen-bond acceptors (Lipinski definition) is 1. The Morgan fingerprint density at radius 2 is 1.38 bits per heavy atom. The third kappa shape index (κ3) is 6.03. The average Bonchev–Trinajstić information content (AvgIpc) is 2.55. The molecule has 0 spiro atoms. The molecule has 120 valence electrons. The number of rotatable bonds is 5. The first-order valence-electron chi connectivity index (χ1n) is 9.35. The van der Waals surface area contributed by atoms with E-state index >= 15 is 0 Å². The molecule has 1 nitrogen and oxygen atoms in total. The molecule has 0 aromatic carbocycles. The van der Waals surface area contributed by atoms with Crippen LogP contribution >= 0.6 is 0 Å². The molecule has 21 heavy (non-hydrogen) atoms. The highest BCUT2D eigenvalue weighted by atomic mass is 16.5. The van der Waals surface area contributed by atoms with Crippen LogP contribution in [0.3, 0.4) is 0 Å². The van der Waals surface area contributed by atoms with Crippen LogP contribution in [0.4, 0.5) is 0 Å². The SMILES string of the molecule is CCCCCC1CCC(C#CC2CCC(OC)CC2)CC1. The molecule has 0 atom stereocenters. The normalized spacial score (nSPS) is 33.2. The molecule has 0 heterocycles. The fraction of sp³-hybridized carbons (Fsp3) is 0.900. The van der Waals surface area contributed by atoms with E-state index in [1.807, 2.05) is 7.11 Å². The monoisotopic (exact) mass is 290 g/mol. The lowest BCUT2D eigenvalue weighted by molar-refractivity contribution is 0.0636. The summed E-state index contributed by atoms with van der Waals surface area (Å²) < 4.78 is 5.44. The smallest absolute Gasteiger partial charge is 0.0572 e. The number of hydrogen-bond donors (Lipinski definition) is 0. The molecule has 0 aromatic rings. The Hall–Kier alpha value is -0.480. The standard InChI is InChI=1S/C20H34O/c1-3-4-5-6-17-7-9-18(10-8-17)11-12-19-13-15-20(21-2)16-14-19/h17-20H,3-10,13-16H2,1-2H3. The predicted molar refractivity (Wildman–Crippen MR) is 90.1 cm³/mol. The lowest BCUT2D eigenvalue weighted by Gasteiger charge is -2.26. The second-order valence-corrected chi connectivity index (χ2v) is 7.21. The molecule has 0 saturated heterocycles. The van der Waals surface area contributed by atoms with Crippen molar-refractivity contribution in [3.8, 4) is 11.8 Å². The van der Waals surface area contributed by atoms with Crippen LogP contribution in [0.5, 0.6) is 0 Å². The van der Waals surface area contributed by atoms with Crippen molar-refractivity contribution in [1.29, 1.82) is 0 Å². The summed E-state index contributed by atoms with van der Waals surface area (Å²) in [7, 11) is 1.84. The lowest BCUT2D eigenvalue weighted by Crippen LogP contribution is -2.19. The Morgan fingerprint density at radius 1 is 0.810 bits per heavy atom. The van der Waals surface area contributed by atoms with Crippen molar-refractivity contribution in [2.45, 2.75) is 90.1 Å². The van der Waals surface area contributed by atoms with Gasteiger partial charge in [-0.15, -0.1) is 0 Å². The molecule has 2 aliphatic rings. The summed E-state index contributed by atoms with van der Waals surface area (Å²) in [6.07, 6.45) is 16.7. The molecule has 2 fully saturated rings. The van der Waals surface area contributed by atoms with Crippen LogP contribution in [0, 0.1) is 29.6 Å². The topological polar surface area (TPSA) is 9.23 Å². The van der Waals surface area contributed by atoms with Gasteiger partial charge in [0.1, 0.15) is 0 Å². The van der Waals surface area contributed by atoms with E-state index in [0.717, 1.165) is 5.92 Å². The fourth-order valence-corrected chi connectivity index (χ4v) is 3.96. The number of methoxy groups -OCH3 is 1. The van der Waals surface area contributed by atoms with E-state index in [-0.39, 0.29) is 0 Å². The molecule has 2 saturated carbocycles. The molecule has 0 amide bonds. The highest BCUT2D eigenvalue weighted by molar-refractivity contribution is 5.09. The van der Waals surface area contributed by atoms with E-state index in [2.05, 4.69) is 18.8 Å². The first-order valence-corrected chi connectivity index (χ1v) is 9.35. The van der Waals surface area contributed by atoms with E-state index in [0.29, 0.717) is 17.9 Å². The molecule has 2 aliphatic carbocycles. The molecular weight excluding hydrogens is 256 g/mol. The molecular formula is C20H34O. The van der Waals surface area contributed by atoms with Gasteiger partial charge in [0.15, 0.2) is 0 Å². The van der Waals surface area contributed by atoms with Crippen LogP contribution in [0.1, 0.15) is 84.0 Å². The molecule has 1 heteroatoms. The molecule has 0 aromatic heterocycles. The maximum Gasteiger partial charge on any atom is 0.0572 e. The van der Waals surface area contributed by atoms with Crippen molar-refractivity contribution < 1.29 is 4.74 Å².